The molecule has 3 rings (SSSR count). The lowest BCUT2D eigenvalue weighted by molar-refractivity contribution is 0.357. The molecule has 2 N–H and O–H groups in total. The highest BCUT2D eigenvalue weighted by Gasteiger charge is 2.15. The normalized spacial score (nSPS) is 16.2. The van der Waals surface area contributed by atoms with E-state index >= 15 is 0 Å². The molecule has 1 aromatic carbocycles. The largest absolute Gasteiger partial charge is 0.340 e. The van der Waals surface area contributed by atoms with E-state index in [4.69, 9.17) is 0 Å². The first-order valence-electron chi connectivity index (χ1n) is 6.68. The van der Waals surface area contributed by atoms with Gasteiger partial charge in [-0.3, -0.25) is 0 Å². The van der Waals surface area contributed by atoms with Crippen molar-refractivity contribution >= 4 is 28.1 Å². The van der Waals surface area contributed by atoms with Gasteiger partial charge in [-0.2, -0.15) is 4.99 Å². The maximum absolute atomic E-state index is 4.65. The molecule has 0 saturated carbocycles. The van der Waals surface area contributed by atoms with Crippen LogP contribution in [0.3, 0.4) is 0 Å². The average Bonchev–Trinajstić information content (AvgIpc) is 3.02. The van der Waals surface area contributed by atoms with E-state index in [1.807, 2.05) is 35.7 Å². The minimum absolute atomic E-state index is 0.780. The highest BCUT2D eigenvalue weighted by molar-refractivity contribution is 7.13. The Morgan fingerprint density at radius 3 is 2.75 bits per heavy atom. The molecule has 20 heavy (non-hydrogen) atoms. The van der Waals surface area contributed by atoms with Gasteiger partial charge in [0.15, 0.2) is 0 Å². The Balaban J connectivity index is 1.83. The zero-order chi connectivity index (χ0) is 13.6. The van der Waals surface area contributed by atoms with Gasteiger partial charge in [0.1, 0.15) is 0 Å². The Hall–Kier alpha value is -1.92. The minimum Gasteiger partial charge on any atom is -0.340 e. The van der Waals surface area contributed by atoms with E-state index in [-0.39, 0.29) is 0 Å². The summed E-state index contributed by atoms with van der Waals surface area (Å²) in [4.78, 5) is 11.1. The smallest absolute Gasteiger partial charge is 0.212 e. The van der Waals surface area contributed by atoms with Crippen LogP contribution in [0.15, 0.2) is 46.9 Å². The minimum atomic E-state index is 0.780. The zero-order valence-electron chi connectivity index (χ0n) is 11.1. The van der Waals surface area contributed by atoms with Crippen molar-refractivity contribution in [2.75, 3.05) is 31.5 Å². The van der Waals surface area contributed by atoms with Gasteiger partial charge in [0, 0.05) is 43.4 Å². The molecule has 1 fully saturated rings. The lowest BCUT2D eigenvalue weighted by Gasteiger charge is -2.30. The van der Waals surface area contributed by atoms with Crippen LogP contribution in [-0.2, 0) is 0 Å². The monoisotopic (exact) mass is 287 g/mol. The van der Waals surface area contributed by atoms with Crippen molar-refractivity contribution in [3.63, 3.8) is 0 Å². The van der Waals surface area contributed by atoms with Crippen molar-refractivity contribution in [2.24, 2.45) is 4.99 Å². The Morgan fingerprint density at radius 1 is 1.25 bits per heavy atom. The fraction of sp³-hybridized carbons (Fsp3) is 0.286. The highest BCUT2D eigenvalue weighted by Crippen LogP contribution is 2.17. The van der Waals surface area contributed by atoms with Gasteiger partial charge < -0.3 is 15.5 Å². The number of hydrogen-bond donors (Lipinski definition) is 2. The van der Waals surface area contributed by atoms with Crippen LogP contribution in [0, 0.1) is 0 Å². The quantitative estimate of drug-likeness (QED) is 0.656. The topological polar surface area (TPSA) is 52.6 Å². The predicted octanol–water partition coefficient (Wildman–Crippen LogP) is 2.15. The van der Waals surface area contributed by atoms with Crippen molar-refractivity contribution < 1.29 is 0 Å². The van der Waals surface area contributed by atoms with Crippen molar-refractivity contribution in [1.29, 1.82) is 0 Å². The number of anilines is 1. The molecule has 0 aliphatic carbocycles. The van der Waals surface area contributed by atoms with E-state index in [9.17, 15) is 0 Å². The van der Waals surface area contributed by atoms with Crippen LogP contribution in [0.25, 0.3) is 0 Å². The third-order valence-electron chi connectivity index (χ3n) is 3.07. The molecular formula is C14H17N5S. The molecule has 2 aromatic rings. The van der Waals surface area contributed by atoms with E-state index in [0.29, 0.717) is 0 Å². The molecular weight excluding hydrogens is 270 g/mol. The number of benzene rings is 1. The molecule has 0 spiro atoms. The Kier molecular flexibility index (Phi) is 4.25. The maximum Gasteiger partial charge on any atom is 0.212 e. The first kappa shape index (κ1) is 13.1. The number of nitrogens with one attached hydrogen (secondary N) is 2. The van der Waals surface area contributed by atoms with Crippen molar-refractivity contribution in [3.8, 4) is 0 Å². The zero-order valence-corrected chi connectivity index (χ0v) is 11.9. The second-order valence-electron chi connectivity index (χ2n) is 4.48. The number of hydrogen-bond acceptors (Lipinski definition) is 4. The first-order chi connectivity index (χ1) is 9.92. The van der Waals surface area contributed by atoms with Gasteiger partial charge in [-0.25, -0.2) is 4.98 Å². The fourth-order valence-electron chi connectivity index (χ4n) is 2.07. The molecule has 0 unspecified atom stereocenters. The summed E-state index contributed by atoms with van der Waals surface area (Å²) in [6.07, 6.45) is 1.78. The second-order valence-corrected chi connectivity index (χ2v) is 5.35. The number of guanidine groups is 1. The molecule has 104 valence electrons. The van der Waals surface area contributed by atoms with Crippen molar-refractivity contribution in [3.05, 3.63) is 41.9 Å². The summed E-state index contributed by atoms with van der Waals surface area (Å²) >= 11 is 1.54. The first-order valence-corrected chi connectivity index (χ1v) is 7.56. The van der Waals surface area contributed by atoms with Gasteiger partial charge in [-0.15, -0.1) is 11.3 Å². The number of thiazole rings is 1. The molecule has 5 nitrogen and oxygen atoms in total. The van der Waals surface area contributed by atoms with Crippen LogP contribution in [0.1, 0.15) is 0 Å². The average molecular weight is 287 g/mol. The molecule has 0 amide bonds. The highest BCUT2D eigenvalue weighted by atomic mass is 32.1. The summed E-state index contributed by atoms with van der Waals surface area (Å²) in [5.41, 5.74) is 1.04. The lowest BCUT2D eigenvalue weighted by atomic mass is 10.3. The Bertz CT molecular complexity index is 546. The second kappa shape index (κ2) is 6.49. The molecule has 0 atom stereocenters. The summed E-state index contributed by atoms with van der Waals surface area (Å²) in [6.45, 7) is 3.86. The van der Waals surface area contributed by atoms with E-state index in [2.05, 4.69) is 25.5 Å². The third-order valence-corrected chi connectivity index (χ3v) is 3.73. The molecule has 1 aliphatic heterocycles. The van der Waals surface area contributed by atoms with Crippen molar-refractivity contribution in [2.45, 2.75) is 0 Å². The number of rotatable bonds is 2. The van der Waals surface area contributed by atoms with Crippen LogP contribution in [0.5, 0.6) is 0 Å². The van der Waals surface area contributed by atoms with Gasteiger partial charge in [-0.05, 0) is 12.1 Å². The van der Waals surface area contributed by atoms with Crippen LogP contribution >= 0.6 is 11.3 Å². The molecule has 1 aromatic heterocycles. The van der Waals surface area contributed by atoms with Gasteiger partial charge in [0.05, 0.1) is 0 Å². The summed E-state index contributed by atoms with van der Waals surface area (Å²) in [6, 6.07) is 10.1. The third kappa shape index (κ3) is 3.34. The van der Waals surface area contributed by atoms with E-state index in [1.165, 1.54) is 0 Å². The molecule has 6 heteroatoms. The number of nitrogens with zero attached hydrogens (tertiary/aromatic N) is 3. The molecule has 0 radical (unpaired) electrons. The van der Waals surface area contributed by atoms with Gasteiger partial charge >= 0.3 is 0 Å². The SMILES string of the molecule is c1ccc(NC(=Nc2nccs2)N2CCNCC2)cc1. The molecule has 0 bridgehead atoms. The number of para-hydroxylation sites is 1. The van der Waals surface area contributed by atoms with Gasteiger partial charge in [0.25, 0.3) is 0 Å². The fourth-order valence-corrected chi connectivity index (χ4v) is 2.57. The number of piperazine rings is 1. The number of aromatic nitrogens is 1. The van der Waals surface area contributed by atoms with E-state index < -0.39 is 0 Å². The summed E-state index contributed by atoms with van der Waals surface area (Å²) < 4.78 is 0. The van der Waals surface area contributed by atoms with Gasteiger partial charge in [0.2, 0.25) is 11.1 Å². The summed E-state index contributed by atoms with van der Waals surface area (Å²) in [7, 11) is 0. The summed E-state index contributed by atoms with van der Waals surface area (Å²) in [5, 5.41) is 9.48. The number of aliphatic imine (C=N–C) groups is 1. The maximum atomic E-state index is 4.65. The predicted molar refractivity (Wildman–Crippen MR) is 83.7 cm³/mol. The van der Waals surface area contributed by atoms with Crippen molar-refractivity contribution in [1.82, 2.24) is 15.2 Å². The Labute approximate surface area is 122 Å². The lowest BCUT2D eigenvalue weighted by Crippen LogP contribution is -2.48. The van der Waals surface area contributed by atoms with Crippen LogP contribution in [0.2, 0.25) is 0 Å². The molecule has 1 aliphatic rings. The standard InChI is InChI=1S/C14H17N5S/c1-2-4-12(5-3-1)17-13(18-14-16-8-11-20-14)19-9-6-15-7-10-19/h1-5,8,11,15H,6-7,9-10H2,(H,16,17,18). The van der Waals surface area contributed by atoms with Gasteiger partial charge in [-0.1, -0.05) is 18.2 Å². The van der Waals surface area contributed by atoms with Crippen LogP contribution in [0.4, 0.5) is 10.8 Å². The van der Waals surface area contributed by atoms with E-state index in [0.717, 1.165) is 43.0 Å². The Morgan fingerprint density at radius 2 is 2.05 bits per heavy atom. The molecule has 1 saturated heterocycles. The van der Waals surface area contributed by atoms with E-state index in [1.54, 1.807) is 17.5 Å². The summed E-state index contributed by atoms with van der Waals surface area (Å²) in [5.74, 6) is 0.868. The van der Waals surface area contributed by atoms with Crippen LogP contribution < -0.4 is 10.6 Å². The van der Waals surface area contributed by atoms with Crippen LogP contribution in [-0.4, -0.2) is 42.0 Å². The molecule has 2 heterocycles.